The number of hydrogen-bond acceptors (Lipinski definition) is 3. The highest BCUT2D eigenvalue weighted by molar-refractivity contribution is 4.46. The van der Waals surface area contributed by atoms with Crippen LogP contribution in [-0.4, -0.2) is 24.3 Å². The van der Waals surface area contributed by atoms with Gasteiger partial charge in [-0.1, -0.05) is 26.7 Å². The first-order valence-corrected chi connectivity index (χ1v) is 5.19. The maximum atomic E-state index is 9.37. The Bertz CT molecular complexity index is 100. The molecule has 0 saturated carbocycles. The Balaban J connectivity index is 3.64. The van der Waals surface area contributed by atoms with E-state index in [0.29, 0.717) is 13.0 Å². The average Bonchev–Trinajstić information content (AvgIpc) is 2.05. The lowest BCUT2D eigenvalue weighted by molar-refractivity contribution is -0.230. The third-order valence-corrected chi connectivity index (χ3v) is 1.72. The quantitative estimate of drug-likeness (QED) is 0.597. The molecule has 0 spiro atoms. The van der Waals surface area contributed by atoms with Gasteiger partial charge in [0.1, 0.15) is 0 Å². The highest BCUT2D eigenvalue weighted by atomic mass is 16.7. The van der Waals surface area contributed by atoms with Crippen molar-refractivity contribution in [3.05, 3.63) is 0 Å². The van der Waals surface area contributed by atoms with Crippen molar-refractivity contribution in [3.8, 4) is 0 Å². The molecule has 0 aliphatic heterocycles. The summed E-state index contributed by atoms with van der Waals surface area (Å²) in [5.41, 5.74) is 0. The van der Waals surface area contributed by atoms with E-state index < -0.39 is 6.29 Å². The molecule has 0 heterocycles. The predicted molar refractivity (Wildman–Crippen MR) is 52.3 cm³/mol. The summed E-state index contributed by atoms with van der Waals surface area (Å²) in [5, 5.41) is 9.37. The van der Waals surface area contributed by atoms with Gasteiger partial charge in [-0.05, 0) is 19.8 Å². The summed E-state index contributed by atoms with van der Waals surface area (Å²) in [7, 11) is 0. The molecule has 1 N–H and O–H groups in total. The van der Waals surface area contributed by atoms with Crippen LogP contribution >= 0.6 is 0 Å². The van der Waals surface area contributed by atoms with Crippen LogP contribution in [0.1, 0.15) is 46.5 Å². The second kappa shape index (κ2) is 8.48. The zero-order valence-electron chi connectivity index (χ0n) is 8.95. The van der Waals surface area contributed by atoms with Crippen molar-refractivity contribution in [2.75, 3.05) is 6.61 Å². The maximum absolute atomic E-state index is 9.37. The van der Waals surface area contributed by atoms with E-state index in [1.807, 2.05) is 13.8 Å². The number of ether oxygens (including phenoxy) is 2. The van der Waals surface area contributed by atoms with Gasteiger partial charge in [0.15, 0.2) is 12.6 Å². The molecule has 0 aromatic heterocycles. The van der Waals surface area contributed by atoms with E-state index in [1.165, 1.54) is 0 Å². The molecule has 0 aromatic carbocycles. The molecule has 2 atom stereocenters. The molecule has 0 aliphatic carbocycles. The van der Waals surface area contributed by atoms with Gasteiger partial charge in [-0.25, -0.2) is 0 Å². The number of rotatable bonds is 8. The standard InChI is InChI=1S/C10H22O3/c1-4-7-9(11)13-10(8-5-2)12-6-3/h9-11H,4-8H2,1-3H3. The van der Waals surface area contributed by atoms with Crippen molar-refractivity contribution in [2.45, 2.75) is 59.0 Å². The molecule has 0 radical (unpaired) electrons. The van der Waals surface area contributed by atoms with Crippen LogP contribution in [0.4, 0.5) is 0 Å². The molecule has 0 amide bonds. The van der Waals surface area contributed by atoms with Crippen molar-refractivity contribution >= 4 is 0 Å². The Morgan fingerprint density at radius 3 is 2.15 bits per heavy atom. The van der Waals surface area contributed by atoms with Crippen LogP contribution in [0, 0.1) is 0 Å². The lowest BCUT2D eigenvalue weighted by Crippen LogP contribution is -2.24. The summed E-state index contributed by atoms with van der Waals surface area (Å²) in [4.78, 5) is 0. The minimum Gasteiger partial charge on any atom is -0.368 e. The summed E-state index contributed by atoms with van der Waals surface area (Å²) in [5.74, 6) is 0. The van der Waals surface area contributed by atoms with Gasteiger partial charge in [0, 0.05) is 6.61 Å². The third-order valence-electron chi connectivity index (χ3n) is 1.72. The Morgan fingerprint density at radius 2 is 1.69 bits per heavy atom. The van der Waals surface area contributed by atoms with Gasteiger partial charge in [-0.2, -0.15) is 0 Å². The van der Waals surface area contributed by atoms with E-state index in [4.69, 9.17) is 9.47 Å². The Morgan fingerprint density at radius 1 is 1.08 bits per heavy atom. The largest absolute Gasteiger partial charge is 0.368 e. The third kappa shape index (κ3) is 6.99. The lowest BCUT2D eigenvalue weighted by atomic mass is 10.3. The van der Waals surface area contributed by atoms with Crippen LogP contribution in [-0.2, 0) is 9.47 Å². The lowest BCUT2D eigenvalue weighted by Gasteiger charge is -2.20. The first-order valence-electron chi connectivity index (χ1n) is 5.19. The summed E-state index contributed by atoms with van der Waals surface area (Å²) < 4.78 is 10.6. The van der Waals surface area contributed by atoms with Crippen LogP contribution in [0.25, 0.3) is 0 Å². The molecule has 0 aliphatic rings. The number of aliphatic hydroxyl groups excluding tert-OH is 1. The number of aliphatic hydroxyl groups is 1. The maximum Gasteiger partial charge on any atom is 0.160 e. The van der Waals surface area contributed by atoms with Crippen molar-refractivity contribution in [2.24, 2.45) is 0 Å². The zero-order valence-corrected chi connectivity index (χ0v) is 8.95. The monoisotopic (exact) mass is 190 g/mol. The van der Waals surface area contributed by atoms with Crippen molar-refractivity contribution in [1.82, 2.24) is 0 Å². The Labute approximate surface area is 81.0 Å². The normalized spacial score (nSPS) is 15.7. The predicted octanol–water partition coefficient (Wildman–Crippen LogP) is 2.28. The Kier molecular flexibility index (Phi) is 8.40. The fraction of sp³-hybridized carbons (Fsp3) is 1.00. The second-order valence-corrected chi connectivity index (χ2v) is 3.05. The van der Waals surface area contributed by atoms with Gasteiger partial charge >= 0.3 is 0 Å². The first kappa shape index (κ1) is 12.9. The molecule has 80 valence electrons. The summed E-state index contributed by atoms with van der Waals surface area (Å²) in [6, 6.07) is 0. The molecule has 0 rings (SSSR count). The Hall–Kier alpha value is -0.120. The van der Waals surface area contributed by atoms with Crippen LogP contribution in [0.2, 0.25) is 0 Å². The van der Waals surface area contributed by atoms with Gasteiger partial charge in [0.05, 0.1) is 0 Å². The fourth-order valence-electron chi connectivity index (χ4n) is 1.10. The molecule has 0 aromatic rings. The van der Waals surface area contributed by atoms with E-state index in [1.54, 1.807) is 0 Å². The van der Waals surface area contributed by atoms with E-state index in [2.05, 4.69) is 6.92 Å². The van der Waals surface area contributed by atoms with Crippen LogP contribution in [0.15, 0.2) is 0 Å². The molecule has 0 bridgehead atoms. The highest BCUT2D eigenvalue weighted by Gasteiger charge is 2.12. The minimum atomic E-state index is -0.673. The van der Waals surface area contributed by atoms with Gasteiger partial charge < -0.3 is 14.6 Å². The first-order chi connectivity index (χ1) is 6.24. The van der Waals surface area contributed by atoms with Crippen LogP contribution < -0.4 is 0 Å². The van der Waals surface area contributed by atoms with Gasteiger partial charge in [-0.15, -0.1) is 0 Å². The fourth-order valence-corrected chi connectivity index (χ4v) is 1.10. The SMILES string of the molecule is CCCC(O)OC(CCC)OCC. The second-order valence-electron chi connectivity index (χ2n) is 3.05. The van der Waals surface area contributed by atoms with Crippen LogP contribution in [0.3, 0.4) is 0 Å². The molecule has 2 unspecified atom stereocenters. The summed E-state index contributed by atoms with van der Waals surface area (Å²) >= 11 is 0. The molecule has 3 heteroatoms. The van der Waals surface area contributed by atoms with E-state index >= 15 is 0 Å². The van der Waals surface area contributed by atoms with Gasteiger partial charge in [0.25, 0.3) is 0 Å². The van der Waals surface area contributed by atoms with Crippen molar-refractivity contribution in [1.29, 1.82) is 0 Å². The minimum absolute atomic E-state index is 0.239. The van der Waals surface area contributed by atoms with Gasteiger partial charge in [-0.3, -0.25) is 0 Å². The summed E-state index contributed by atoms with van der Waals surface area (Å²) in [6.45, 7) is 6.64. The van der Waals surface area contributed by atoms with Crippen LogP contribution in [0.5, 0.6) is 0 Å². The smallest absolute Gasteiger partial charge is 0.160 e. The molecule has 13 heavy (non-hydrogen) atoms. The zero-order chi connectivity index (χ0) is 10.1. The molecule has 0 saturated heterocycles. The topological polar surface area (TPSA) is 38.7 Å². The van der Waals surface area contributed by atoms with E-state index in [-0.39, 0.29) is 6.29 Å². The highest BCUT2D eigenvalue weighted by Crippen LogP contribution is 2.09. The molecule has 3 nitrogen and oxygen atoms in total. The molecular weight excluding hydrogens is 168 g/mol. The molecular formula is C10H22O3. The summed E-state index contributed by atoms with van der Waals surface area (Å²) in [6.07, 6.45) is 2.53. The number of hydrogen-bond donors (Lipinski definition) is 1. The molecule has 0 fully saturated rings. The van der Waals surface area contributed by atoms with Crippen molar-refractivity contribution in [3.63, 3.8) is 0 Å². The van der Waals surface area contributed by atoms with E-state index in [0.717, 1.165) is 19.3 Å². The van der Waals surface area contributed by atoms with Crippen molar-refractivity contribution < 1.29 is 14.6 Å². The van der Waals surface area contributed by atoms with E-state index in [9.17, 15) is 5.11 Å². The average molecular weight is 190 g/mol. The van der Waals surface area contributed by atoms with Gasteiger partial charge in [0.2, 0.25) is 0 Å².